The zero-order chi connectivity index (χ0) is 18.6. The van der Waals surface area contributed by atoms with Crippen molar-refractivity contribution < 1.29 is 27.1 Å². The molecular formula is C17H14F3N3O3. The molecule has 0 bridgehead atoms. The van der Waals surface area contributed by atoms with E-state index in [4.69, 9.17) is 4.42 Å². The van der Waals surface area contributed by atoms with Crippen LogP contribution >= 0.6 is 0 Å². The third kappa shape index (κ3) is 4.65. The van der Waals surface area contributed by atoms with Gasteiger partial charge < -0.3 is 14.5 Å². The number of hydrogen-bond acceptors (Lipinski definition) is 4. The Bertz CT molecular complexity index is 856. The van der Waals surface area contributed by atoms with Crippen LogP contribution in [0.1, 0.15) is 16.1 Å². The first-order chi connectivity index (χ1) is 12.4. The minimum atomic E-state index is -4.38. The highest BCUT2D eigenvalue weighted by molar-refractivity contribution is 5.93. The summed E-state index contributed by atoms with van der Waals surface area (Å²) in [5.74, 6) is 0.273. The Balaban J connectivity index is 1.53. The lowest BCUT2D eigenvalue weighted by Gasteiger charge is -2.09. The lowest BCUT2D eigenvalue weighted by atomic mass is 10.2. The molecule has 0 aliphatic heterocycles. The van der Waals surface area contributed by atoms with Gasteiger partial charge in [0, 0.05) is 12.6 Å². The van der Waals surface area contributed by atoms with Gasteiger partial charge >= 0.3 is 6.18 Å². The molecule has 136 valence electrons. The number of rotatable bonds is 6. The van der Waals surface area contributed by atoms with Crippen molar-refractivity contribution in [3.8, 4) is 17.2 Å². The van der Waals surface area contributed by atoms with Crippen molar-refractivity contribution in [2.75, 3.05) is 6.61 Å². The number of nitrogens with zero attached hydrogens (tertiary/aromatic N) is 1. The highest BCUT2D eigenvalue weighted by atomic mass is 19.4. The van der Waals surface area contributed by atoms with Gasteiger partial charge in [-0.3, -0.25) is 9.89 Å². The van der Waals surface area contributed by atoms with Crippen molar-refractivity contribution >= 4 is 5.91 Å². The standard InChI is InChI=1S/C17H14F3N3O3/c18-17(19,20)10-26-12-5-3-11(4-6-12)9-21-16(24)14-8-13(22-23-14)15-2-1-7-25-15/h1-8H,9-10H2,(H,21,24)(H,22,23). The molecule has 0 saturated carbocycles. The van der Waals surface area contributed by atoms with Crippen LogP contribution in [0.25, 0.3) is 11.5 Å². The number of amides is 1. The molecular weight excluding hydrogens is 351 g/mol. The molecule has 9 heteroatoms. The van der Waals surface area contributed by atoms with Gasteiger partial charge in [0.1, 0.15) is 11.4 Å². The van der Waals surface area contributed by atoms with Gasteiger partial charge in [-0.1, -0.05) is 12.1 Å². The number of aromatic amines is 1. The molecule has 0 aliphatic carbocycles. The number of ether oxygens (including phenoxy) is 1. The summed E-state index contributed by atoms with van der Waals surface area (Å²) in [6.07, 6.45) is -2.87. The van der Waals surface area contributed by atoms with E-state index in [1.54, 1.807) is 30.3 Å². The van der Waals surface area contributed by atoms with Crippen LogP contribution in [0.2, 0.25) is 0 Å². The molecule has 2 heterocycles. The van der Waals surface area contributed by atoms with E-state index in [1.165, 1.54) is 18.4 Å². The van der Waals surface area contributed by atoms with E-state index in [-0.39, 0.29) is 18.0 Å². The summed E-state index contributed by atoms with van der Waals surface area (Å²) in [5.41, 5.74) is 1.48. The number of carbonyl (C=O) groups is 1. The number of alkyl halides is 3. The summed E-state index contributed by atoms with van der Waals surface area (Å²) in [4.78, 5) is 12.1. The van der Waals surface area contributed by atoms with Crippen LogP contribution in [0.4, 0.5) is 13.2 Å². The third-order valence-corrected chi connectivity index (χ3v) is 3.38. The average molecular weight is 365 g/mol. The maximum Gasteiger partial charge on any atom is 0.422 e. The molecule has 0 spiro atoms. The fourth-order valence-electron chi connectivity index (χ4n) is 2.14. The number of H-pyrrole nitrogens is 1. The highest BCUT2D eigenvalue weighted by Gasteiger charge is 2.28. The van der Waals surface area contributed by atoms with Gasteiger partial charge in [0.2, 0.25) is 0 Å². The lowest BCUT2D eigenvalue weighted by Crippen LogP contribution is -2.23. The fraction of sp³-hybridized carbons (Fsp3) is 0.176. The van der Waals surface area contributed by atoms with Crippen LogP contribution in [0, 0.1) is 0 Å². The molecule has 2 N–H and O–H groups in total. The smallest absolute Gasteiger partial charge is 0.422 e. The normalized spacial score (nSPS) is 11.3. The molecule has 0 aliphatic rings. The van der Waals surface area contributed by atoms with E-state index < -0.39 is 18.7 Å². The van der Waals surface area contributed by atoms with E-state index in [2.05, 4.69) is 20.3 Å². The zero-order valence-corrected chi connectivity index (χ0v) is 13.3. The summed E-state index contributed by atoms with van der Waals surface area (Å²) in [7, 11) is 0. The fourth-order valence-corrected chi connectivity index (χ4v) is 2.14. The van der Waals surface area contributed by atoms with Crippen molar-refractivity contribution in [3.63, 3.8) is 0 Å². The highest BCUT2D eigenvalue weighted by Crippen LogP contribution is 2.19. The van der Waals surface area contributed by atoms with Gasteiger partial charge in [0.25, 0.3) is 5.91 Å². The minimum absolute atomic E-state index is 0.104. The summed E-state index contributed by atoms with van der Waals surface area (Å²) in [5, 5.41) is 9.31. The summed E-state index contributed by atoms with van der Waals surface area (Å²) in [6, 6.07) is 11.0. The number of furan rings is 1. The van der Waals surface area contributed by atoms with Gasteiger partial charge in [0.05, 0.1) is 6.26 Å². The Kier molecular flexibility index (Phi) is 4.97. The number of carbonyl (C=O) groups excluding carboxylic acids is 1. The van der Waals surface area contributed by atoms with Gasteiger partial charge in [0.15, 0.2) is 18.1 Å². The number of hydrogen-bond donors (Lipinski definition) is 2. The van der Waals surface area contributed by atoms with Crippen LogP contribution in [0.5, 0.6) is 5.75 Å². The Morgan fingerprint density at radius 2 is 2.00 bits per heavy atom. The number of halogens is 3. The van der Waals surface area contributed by atoms with Crippen molar-refractivity contribution in [1.82, 2.24) is 15.5 Å². The monoisotopic (exact) mass is 365 g/mol. The van der Waals surface area contributed by atoms with Crippen molar-refractivity contribution in [2.24, 2.45) is 0 Å². The molecule has 0 saturated heterocycles. The lowest BCUT2D eigenvalue weighted by molar-refractivity contribution is -0.153. The second-order valence-electron chi connectivity index (χ2n) is 5.37. The van der Waals surface area contributed by atoms with Gasteiger partial charge in [-0.25, -0.2) is 0 Å². The summed E-state index contributed by atoms with van der Waals surface area (Å²) >= 11 is 0. The summed E-state index contributed by atoms with van der Waals surface area (Å²) < 4.78 is 46.1. The second-order valence-corrected chi connectivity index (χ2v) is 5.37. The molecule has 26 heavy (non-hydrogen) atoms. The van der Waals surface area contributed by atoms with Crippen molar-refractivity contribution in [3.05, 3.63) is 60.0 Å². The molecule has 3 rings (SSSR count). The van der Waals surface area contributed by atoms with Crippen LogP contribution in [-0.4, -0.2) is 28.9 Å². The molecule has 0 atom stereocenters. The number of benzene rings is 1. The van der Waals surface area contributed by atoms with E-state index in [9.17, 15) is 18.0 Å². The first-order valence-electron chi connectivity index (χ1n) is 7.57. The molecule has 2 aromatic heterocycles. The average Bonchev–Trinajstić information content (AvgIpc) is 3.29. The molecule has 0 radical (unpaired) electrons. The first kappa shape index (κ1) is 17.6. The minimum Gasteiger partial charge on any atom is -0.484 e. The molecule has 6 nitrogen and oxygen atoms in total. The number of aromatic nitrogens is 2. The predicted octanol–water partition coefficient (Wildman–Crippen LogP) is 3.54. The van der Waals surface area contributed by atoms with E-state index in [1.807, 2.05) is 0 Å². The maximum atomic E-state index is 12.1. The maximum absolute atomic E-state index is 12.1. The van der Waals surface area contributed by atoms with Crippen molar-refractivity contribution in [2.45, 2.75) is 12.7 Å². The van der Waals surface area contributed by atoms with Gasteiger partial charge in [-0.05, 0) is 29.8 Å². The zero-order valence-electron chi connectivity index (χ0n) is 13.3. The second kappa shape index (κ2) is 7.34. The molecule has 1 aromatic carbocycles. The van der Waals surface area contributed by atoms with Crippen LogP contribution in [-0.2, 0) is 6.54 Å². The third-order valence-electron chi connectivity index (χ3n) is 3.38. The topological polar surface area (TPSA) is 80.1 Å². The quantitative estimate of drug-likeness (QED) is 0.700. The van der Waals surface area contributed by atoms with E-state index in [0.29, 0.717) is 17.0 Å². The van der Waals surface area contributed by atoms with Gasteiger partial charge in [-0.2, -0.15) is 18.3 Å². The van der Waals surface area contributed by atoms with Gasteiger partial charge in [-0.15, -0.1) is 0 Å². The molecule has 0 unspecified atom stereocenters. The first-order valence-corrected chi connectivity index (χ1v) is 7.57. The Morgan fingerprint density at radius 1 is 1.23 bits per heavy atom. The summed E-state index contributed by atoms with van der Waals surface area (Å²) in [6.45, 7) is -1.15. The molecule has 0 fully saturated rings. The predicted molar refractivity (Wildman–Crippen MR) is 85.5 cm³/mol. The Labute approximate surface area is 146 Å². The van der Waals surface area contributed by atoms with Crippen LogP contribution in [0.3, 0.4) is 0 Å². The largest absolute Gasteiger partial charge is 0.484 e. The van der Waals surface area contributed by atoms with Crippen LogP contribution in [0.15, 0.2) is 53.1 Å². The van der Waals surface area contributed by atoms with Crippen molar-refractivity contribution in [1.29, 1.82) is 0 Å². The number of nitrogens with one attached hydrogen (secondary N) is 2. The Hall–Kier alpha value is -3.23. The van der Waals surface area contributed by atoms with E-state index in [0.717, 1.165) is 0 Å². The van der Waals surface area contributed by atoms with E-state index >= 15 is 0 Å². The molecule has 1 amide bonds. The Morgan fingerprint density at radius 3 is 2.65 bits per heavy atom. The van der Waals surface area contributed by atoms with Crippen LogP contribution < -0.4 is 10.1 Å². The SMILES string of the molecule is O=C(NCc1ccc(OCC(F)(F)F)cc1)c1cc(-c2ccco2)[nH]n1. The molecule has 3 aromatic rings.